The fourth-order valence-electron chi connectivity index (χ4n) is 3.57. The van der Waals surface area contributed by atoms with Gasteiger partial charge in [-0.3, -0.25) is 4.79 Å². The zero-order valence-electron chi connectivity index (χ0n) is 18.0. The number of halogens is 1. The van der Waals surface area contributed by atoms with E-state index in [4.69, 9.17) is 16.3 Å². The minimum Gasteiger partial charge on any atom is -0.488 e. The number of hydrogen-bond donors (Lipinski definition) is 1. The van der Waals surface area contributed by atoms with Crippen molar-refractivity contribution in [3.8, 4) is 11.8 Å². The molecule has 162 valence electrons. The monoisotopic (exact) mass is 452 g/mol. The van der Waals surface area contributed by atoms with Crippen molar-refractivity contribution in [1.82, 2.24) is 0 Å². The Morgan fingerprint density at radius 2 is 1.85 bits per heavy atom. The van der Waals surface area contributed by atoms with E-state index in [2.05, 4.69) is 11.4 Å². The molecule has 0 aromatic heterocycles. The van der Waals surface area contributed by atoms with Gasteiger partial charge in [-0.05, 0) is 53.6 Å². The molecule has 0 aliphatic heterocycles. The summed E-state index contributed by atoms with van der Waals surface area (Å²) in [5, 5.41) is 14.8. The third-order valence-corrected chi connectivity index (χ3v) is 5.38. The summed E-state index contributed by atoms with van der Waals surface area (Å²) in [5.41, 5.74) is 3.35. The molecule has 5 heteroatoms. The van der Waals surface area contributed by atoms with Gasteiger partial charge >= 0.3 is 0 Å². The quantitative estimate of drug-likeness (QED) is 0.255. The first-order valence-electron chi connectivity index (χ1n) is 10.4. The molecule has 0 saturated heterocycles. The van der Waals surface area contributed by atoms with Crippen molar-refractivity contribution in [2.24, 2.45) is 0 Å². The van der Waals surface area contributed by atoms with Crippen molar-refractivity contribution in [3.63, 3.8) is 0 Å². The SMILES string of the molecule is Cc1cccc(COc2ccc3ccccc3c2/C=C(\C#N)C(=O)Nc2cccc(Cl)c2)c1. The van der Waals surface area contributed by atoms with Gasteiger partial charge in [0.2, 0.25) is 0 Å². The zero-order chi connectivity index (χ0) is 23.2. The number of fused-ring (bicyclic) bond motifs is 1. The van der Waals surface area contributed by atoms with Crippen LogP contribution in [0.4, 0.5) is 5.69 Å². The molecule has 0 saturated carbocycles. The first kappa shape index (κ1) is 22.1. The maximum Gasteiger partial charge on any atom is 0.266 e. The van der Waals surface area contributed by atoms with Gasteiger partial charge in [-0.1, -0.05) is 77.8 Å². The topological polar surface area (TPSA) is 62.1 Å². The highest BCUT2D eigenvalue weighted by atomic mass is 35.5. The van der Waals surface area contributed by atoms with E-state index in [0.29, 0.717) is 28.6 Å². The molecule has 0 radical (unpaired) electrons. The number of aryl methyl sites for hydroxylation is 1. The number of nitrogens with zero attached hydrogens (tertiary/aromatic N) is 1. The number of nitrogens with one attached hydrogen (secondary N) is 1. The number of anilines is 1. The molecule has 4 aromatic carbocycles. The minimum absolute atomic E-state index is 0.0354. The average molecular weight is 453 g/mol. The van der Waals surface area contributed by atoms with E-state index in [9.17, 15) is 10.1 Å². The average Bonchev–Trinajstić information content (AvgIpc) is 2.81. The highest BCUT2D eigenvalue weighted by Gasteiger charge is 2.14. The van der Waals surface area contributed by atoms with Gasteiger partial charge in [-0.2, -0.15) is 5.26 Å². The van der Waals surface area contributed by atoms with Crippen molar-refractivity contribution in [2.45, 2.75) is 13.5 Å². The summed E-state index contributed by atoms with van der Waals surface area (Å²) >= 11 is 6.01. The van der Waals surface area contributed by atoms with Crippen LogP contribution in [0.3, 0.4) is 0 Å². The van der Waals surface area contributed by atoms with Gasteiger partial charge in [0.05, 0.1) is 0 Å². The third-order valence-electron chi connectivity index (χ3n) is 5.14. The number of nitriles is 1. The zero-order valence-corrected chi connectivity index (χ0v) is 18.8. The van der Waals surface area contributed by atoms with Crippen LogP contribution in [-0.4, -0.2) is 5.91 Å². The lowest BCUT2D eigenvalue weighted by Gasteiger charge is -2.13. The van der Waals surface area contributed by atoms with Crippen molar-refractivity contribution in [1.29, 1.82) is 5.26 Å². The Balaban J connectivity index is 1.70. The van der Waals surface area contributed by atoms with Gasteiger partial charge in [0.25, 0.3) is 5.91 Å². The predicted octanol–water partition coefficient (Wildman–Crippen LogP) is 6.93. The van der Waals surface area contributed by atoms with Gasteiger partial charge in [0.1, 0.15) is 24.0 Å². The molecule has 0 atom stereocenters. The highest BCUT2D eigenvalue weighted by molar-refractivity contribution is 6.31. The van der Waals surface area contributed by atoms with Crippen molar-refractivity contribution < 1.29 is 9.53 Å². The van der Waals surface area contributed by atoms with Gasteiger partial charge < -0.3 is 10.1 Å². The number of carbonyl (C=O) groups excluding carboxylic acids is 1. The van der Waals surface area contributed by atoms with Crippen LogP contribution in [0, 0.1) is 18.3 Å². The van der Waals surface area contributed by atoms with E-state index in [-0.39, 0.29) is 5.57 Å². The second kappa shape index (κ2) is 10.0. The maximum atomic E-state index is 12.8. The second-order valence-electron chi connectivity index (χ2n) is 7.61. The third kappa shape index (κ3) is 5.41. The molecule has 0 aliphatic rings. The molecule has 0 aliphatic carbocycles. The molecule has 4 aromatic rings. The Morgan fingerprint density at radius 1 is 1.03 bits per heavy atom. The molecule has 0 spiro atoms. The summed E-state index contributed by atoms with van der Waals surface area (Å²) in [7, 11) is 0. The molecule has 0 unspecified atom stereocenters. The maximum absolute atomic E-state index is 12.8. The molecule has 1 amide bonds. The second-order valence-corrected chi connectivity index (χ2v) is 8.05. The lowest BCUT2D eigenvalue weighted by atomic mass is 10.0. The summed E-state index contributed by atoms with van der Waals surface area (Å²) < 4.78 is 6.14. The van der Waals surface area contributed by atoms with E-state index < -0.39 is 5.91 Å². The molecule has 1 N–H and O–H groups in total. The van der Waals surface area contributed by atoms with Gasteiger partial charge in [0, 0.05) is 16.3 Å². The standard InChI is InChI=1S/C28H21ClN2O2/c1-19-6-4-7-20(14-19)18-33-27-13-12-21-8-2-3-11-25(21)26(27)15-22(17-30)28(32)31-24-10-5-9-23(29)16-24/h2-16H,18H2,1H3,(H,31,32)/b22-15+. The normalized spacial score (nSPS) is 11.1. The fraction of sp³-hybridized carbons (Fsp3) is 0.0714. The van der Waals surface area contributed by atoms with Crippen LogP contribution in [0.5, 0.6) is 5.75 Å². The summed E-state index contributed by atoms with van der Waals surface area (Å²) in [6, 6.07) is 28.5. The Bertz CT molecular complexity index is 1400. The fourth-order valence-corrected chi connectivity index (χ4v) is 3.76. The Kier molecular flexibility index (Phi) is 6.73. The molecular weight excluding hydrogens is 432 g/mol. The first-order valence-corrected chi connectivity index (χ1v) is 10.8. The Hall–Kier alpha value is -4.07. The molecule has 0 bridgehead atoms. The lowest BCUT2D eigenvalue weighted by Crippen LogP contribution is -2.13. The number of benzene rings is 4. The molecule has 33 heavy (non-hydrogen) atoms. The van der Waals surface area contributed by atoms with E-state index in [0.717, 1.165) is 21.9 Å². The molecule has 4 rings (SSSR count). The smallest absolute Gasteiger partial charge is 0.266 e. The van der Waals surface area contributed by atoms with Crippen molar-refractivity contribution >= 4 is 40.0 Å². The number of amides is 1. The van der Waals surface area contributed by atoms with Gasteiger partial charge in [-0.25, -0.2) is 0 Å². The lowest BCUT2D eigenvalue weighted by molar-refractivity contribution is -0.112. The van der Waals surface area contributed by atoms with Crippen LogP contribution in [0.25, 0.3) is 16.8 Å². The van der Waals surface area contributed by atoms with Crippen LogP contribution < -0.4 is 10.1 Å². The van der Waals surface area contributed by atoms with E-state index in [1.165, 1.54) is 0 Å². The summed E-state index contributed by atoms with van der Waals surface area (Å²) in [4.78, 5) is 12.8. The predicted molar refractivity (Wildman–Crippen MR) is 133 cm³/mol. The van der Waals surface area contributed by atoms with Crippen molar-refractivity contribution in [2.75, 3.05) is 5.32 Å². The van der Waals surface area contributed by atoms with E-state index in [1.54, 1.807) is 30.3 Å². The van der Waals surface area contributed by atoms with Crippen LogP contribution in [0.1, 0.15) is 16.7 Å². The minimum atomic E-state index is -0.516. The van der Waals surface area contributed by atoms with Crippen LogP contribution in [0.15, 0.2) is 90.5 Å². The molecular formula is C28H21ClN2O2. The largest absolute Gasteiger partial charge is 0.488 e. The Labute approximate surface area is 197 Å². The number of ether oxygens (including phenoxy) is 1. The van der Waals surface area contributed by atoms with Gasteiger partial charge in [-0.15, -0.1) is 0 Å². The van der Waals surface area contributed by atoms with Gasteiger partial charge in [0.15, 0.2) is 0 Å². The van der Waals surface area contributed by atoms with Crippen LogP contribution >= 0.6 is 11.6 Å². The molecule has 0 fully saturated rings. The highest BCUT2D eigenvalue weighted by Crippen LogP contribution is 2.31. The number of rotatable bonds is 6. The van der Waals surface area contributed by atoms with Crippen LogP contribution in [-0.2, 0) is 11.4 Å². The van der Waals surface area contributed by atoms with E-state index in [1.807, 2.05) is 67.6 Å². The summed E-state index contributed by atoms with van der Waals surface area (Å²) in [5.74, 6) is 0.0795. The molecule has 4 nitrogen and oxygen atoms in total. The molecule has 0 heterocycles. The number of hydrogen-bond acceptors (Lipinski definition) is 3. The van der Waals surface area contributed by atoms with E-state index >= 15 is 0 Å². The summed E-state index contributed by atoms with van der Waals surface area (Å²) in [6.45, 7) is 2.41. The summed E-state index contributed by atoms with van der Waals surface area (Å²) in [6.07, 6.45) is 1.58. The Morgan fingerprint density at radius 3 is 2.64 bits per heavy atom. The number of carbonyl (C=O) groups is 1. The van der Waals surface area contributed by atoms with Crippen molar-refractivity contribution in [3.05, 3.63) is 112 Å². The first-order chi connectivity index (χ1) is 16.0. The van der Waals surface area contributed by atoms with Crippen LogP contribution in [0.2, 0.25) is 5.02 Å².